The lowest BCUT2D eigenvalue weighted by Gasteiger charge is -2.27. The molecular weight excluding hydrogens is 272 g/mol. The van der Waals surface area contributed by atoms with Crippen molar-refractivity contribution < 1.29 is 23.1 Å². The van der Waals surface area contributed by atoms with Gasteiger partial charge in [-0.2, -0.15) is 0 Å². The average Bonchev–Trinajstić information content (AvgIpc) is 2.95. The van der Waals surface area contributed by atoms with Crippen LogP contribution in [0.3, 0.4) is 0 Å². The van der Waals surface area contributed by atoms with Crippen molar-refractivity contribution >= 4 is 21.8 Å². The first kappa shape index (κ1) is 15.7. The van der Waals surface area contributed by atoms with Gasteiger partial charge in [-0.3, -0.25) is 0 Å². The minimum Gasteiger partial charge on any atom is -0.480 e. The molecule has 2 unspecified atom stereocenters. The van der Waals surface area contributed by atoms with Crippen molar-refractivity contribution in [1.82, 2.24) is 10.6 Å². The van der Waals surface area contributed by atoms with Crippen LogP contribution in [0.5, 0.6) is 0 Å². The molecule has 8 heteroatoms. The Morgan fingerprint density at radius 1 is 1.42 bits per heavy atom. The molecule has 110 valence electrons. The van der Waals surface area contributed by atoms with Gasteiger partial charge in [0.1, 0.15) is 15.4 Å². The molecule has 2 amide bonds. The number of sulfone groups is 1. The monoisotopic (exact) mass is 292 g/mol. The predicted molar refractivity (Wildman–Crippen MR) is 69.6 cm³/mol. The number of rotatable bonds is 6. The van der Waals surface area contributed by atoms with Gasteiger partial charge in [-0.15, -0.1) is 0 Å². The molecule has 3 N–H and O–H groups in total. The van der Waals surface area contributed by atoms with Gasteiger partial charge in [0.25, 0.3) is 0 Å². The highest BCUT2D eigenvalue weighted by Crippen LogP contribution is 2.39. The van der Waals surface area contributed by atoms with Crippen molar-refractivity contribution in [2.45, 2.75) is 38.3 Å². The zero-order chi connectivity index (χ0) is 14.8. The summed E-state index contributed by atoms with van der Waals surface area (Å²) in [5.41, 5.74) is -1.30. The second-order valence-corrected chi connectivity index (χ2v) is 7.56. The van der Waals surface area contributed by atoms with Crippen molar-refractivity contribution in [2.75, 3.05) is 12.0 Å². The smallest absolute Gasteiger partial charge is 0.329 e. The molecule has 1 aliphatic rings. The van der Waals surface area contributed by atoms with Crippen molar-refractivity contribution in [3.8, 4) is 0 Å². The van der Waals surface area contributed by atoms with Crippen molar-refractivity contribution in [1.29, 1.82) is 0 Å². The van der Waals surface area contributed by atoms with Crippen LogP contribution < -0.4 is 10.6 Å². The van der Waals surface area contributed by atoms with Gasteiger partial charge in [-0.25, -0.2) is 18.0 Å². The van der Waals surface area contributed by atoms with Crippen LogP contribution in [0.2, 0.25) is 0 Å². The van der Waals surface area contributed by atoms with E-state index in [1.807, 2.05) is 0 Å². The number of hydrogen-bond acceptors (Lipinski definition) is 4. The quantitative estimate of drug-likeness (QED) is 0.636. The van der Waals surface area contributed by atoms with Crippen LogP contribution in [0.25, 0.3) is 0 Å². The number of carboxylic acid groups (broad SMARTS) is 1. The summed E-state index contributed by atoms with van der Waals surface area (Å²) in [6, 6.07) is -1.24. The third kappa shape index (κ3) is 4.70. The lowest BCUT2D eigenvalue weighted by molar-refractivity contribution is -0.144. The third-order valence-electron chi connectivity index (χ3n) is 3.14. The molecule has 1 aliphatic carbocycles. The van der Waals surface area contributed by atoms with E-state index < -0.39 is 33.4 Å². The van der Waals surface area contributed by atoms with Crippen molar-refractivity contribution in [3.63, 3.8) is 0 Å². The van der Waals surface area contributed by atoms with Gasteiger partial charge in [0, 0.05) is 12.3 Å². The number of hydrogen-bond donors (Lipinski definition) is 3. The van der Waals surface area contributed by atoms with E-state index >= 15 is 0 Å². The molecular formula is C11H20N2O5S. The van der Waals surface area contributed by atoms with Gasteiger partial charge in [0.05, 0.1) is 5.75 Å². The lowest BCUT2D eigenvalue weighted by Crippen LogP contribution is -2.58. The Balaban J connectivity index is 2.57. The van der Waals surface area contributed by atoms with Crippen LogP contribution in [0.1, 0.15) is 26.7 Å². The number of carbonyl (C=O) groups is 2. The second-order valence-electron chi connectivity index (χ2n) is 5.37. The molecule has 0 heterocycles. The Hall–Kier alpha value is -1.31. The lowest BCUT2D eigenvalue weighted by atomic mass is 9.96. The highest BCUT2D eigenvalue weighted by atomic mass is 32.2. The molecule has 1 fully saturated rings. The molecule has 1 rings (SSSR count). The van der Waals surface area contributed by atoms with Crippen LogP contribution >= 0.6 is 0 Å². The van der Waals surface area contributed by atoms with Crippen LogP contribution in [0.15, 0.2) is 0 Å². The molecule has 19 heavy (non-hydrogen) atoms. The van der Waals surface area contributed by atoms with E-state index in [9.17, 15) is 23.1 Å². The van der Waals surface area contributed by atoms with Crippen LogP contribution in [0.4, 0.5) is 4.79 Å². The first-order valence-electron chi connectivity index (χ1n) is 6.04. The highest BCUT2D eigenvalue weighted by molar-refractivity contribution is 7.90. The van der Waals surface area contributed by atoms with Crippen LogP contribution in [0, 0.1) is 5.92 Å². The molecule has 0 aromatic heterocycles. The number of aliphatic carboxylic acids is 1. The molecule has 0 aliphatic heterocycles. The molecule has 0 radical (unpaired) electrons. The van der Waals surface area contributed by atoms with Crippen molar-refractivity contribution in [3.05, 3.63) is 0 Å². The largest absolute Gasteiger partial charge is 0.480 e. The Kier molecular flexibility index (Phi) is 4.44. The Morgan fingerprint density at radius 3 is 2.32 bits per heavy atom. The Labute approximate surface area is 112 Å². The Bertz CT molecular complexity index is 471. The Morgan fingerprint density at radius 2 is 1.95 bits per heavy atom. The van der Waals surface area contributed by atoms with Gasteiger partial charge in [-0.05, 0) is 32.6 Å². The maximum atomic E-state index is 11.7. The topological polar surface area (TPSA) is 113 Å². The molecule has 0 spiro atoms. The predicted octanol–water partition coefficient (Wildman–Crippen LogP) is -0.0280. The number of urea groups is 1. The molecule has 0 bridgehead atoms. The first-order valence-corrected chi connectivity index (χ1v) is 8.10. The molecule has 7 nitrogen and oxygen atoms in total. The number of nitrogens with one attached hydrogen (secondary N) is 2. The fraction of sp³-hybridized carbons (Fsp3) is 0.818. The molecule has 0 aromatic carbocycles. The molecule has 2 atom stereocenters. The van der Waals surface area contributed by atoms with E-state index in [2.05, 4.69) is 10.6 Å². The summed E-state index contributed by atoms with van der Waals surface area (Å²) in [5, 5.41) is 14.0. The second kappa shape index (κ2) is 5.36. The van der Waals surface area contributed by atoms with Crippen LogP contribution in [-0.2, 0) is 14.6 Å². The van der Waals surface area contributed by atoms with Gasteiger partial charge < -0.3 is 15.7 Å². The fourth-order valence-electron chi connectivity index (χ4n) is 1.98. The number of carboxylic acids is 1. The summed E-state index contributed by atoms with van der Waals surface area (Å²) < 4.78 is 22.1. The fourth-order valence-corrected chi connectivity index (χ4v) is 2.97. The molecule has 1 saturated carbocycles. The summed E-state index contributed by atoms with van der Waals surface area (Å²) in [6.07, 6.45) is 2.61. The van der Waals surface area contributed by atoms with E-state index in [-0.39, 0.29) is 11.7 Å². The SMILES string of the molecule is CC(CS(C)(=O)=O)NC(=O)NC(C)(C(=O)O)C1CC1. The zero-order valence-electron chi connectivity index (χ0n) is 11.3. The van der Waals surface area contributed by atoms with E-state index in [4.69, 9.17) is 0 Å². The molecule has 0 saturated heterocycles. The van der Waals surface area contributed by atoms with Crippen LogP contribution in [-0.4, -0.2) is 49.1 Å². The third-order valence-corrected chi connectivity index (χ3v) is 4.25. The number of amides is 2. The normalized spacial score (nSPS) is 20.2. The van der Waals surface area contributed by atoms with E-state index in [0.717, 1.165) is 19.1 Å². The van der Waals surface area contributed by atoms with Gasteiger partial charge >= 0.3 is 12.0 Å². The highest BCUT2D eigenvalue weighted by Gasteiger charge is 2.48. The molecule has 0 aromatic rings. The summed E-state index contributed by atoms with van der Waals surface area (Å²) in [4.78, 5) is 22.9. The minimum absolute atomic E-state index is 0.0686. The van der Waals surface area contributed by atoms with Crippen molar-refractivity contribution in [2.24, 2.45) is 5.92 Å². The zero-order valence-corrected chi connectivity index (χ0v) is 12.1. The van der Waals surface area contributed by atoms with E-state index in [1.54, 1.807) is 6.92 Å². The summed E-state index contributed by atoms with van der Waals surface area (Å²) >= 11 is 0. The first-order chi connectivity index (χ1) is 8.54. The summed E-state index contributed by atoms with van der Waals surface area (Å²) in [6.45, 7) is 3.02. The number of carbonyl (C=O) groups excluding carboxylic acids is 1. The average molecular weight is 292 g/mol. The van der Waals surface area contributed by atoms with E-state index in [1.165, 1.54) is 6.92 Å². The van der Waals surface area contributed by atoms with Gasteiger partial charge in [0.2, 0.25) is 0 Å². The van der Waals surface area contributed by atoms with E-state index in [0.29, 0.717) is 0 Å². The van der Waals surface area contributed by atoms with Gasteiger partial charge in [0.15, 0.2) is 0 Å². The standard InChI is InChI=1S/C11H20N2O5S/c1-7(6-19(3,17)18)12-10(16)13-11(2,9(14)15)8-4-5-8/h7-8H,4-6H2,1-3H3,(H,14,15)(H2,12,13,16). The van der Waals surface area contributed by atoms with Gasteiger partial charge in [-0.1, -0.05) is 0 Å². The minimum atomic E-state index is -3.19. The summed E-state index contributed by atoms with van der Waals surface area (Å²) in [7, 11) is -3.19. The summed E-state index contributed by atoms with van der Waals surface area (Å²) in [5.74, 6) is -1.34. The maximum Gasteiger partial charge on any atom is 0.329 e. The maximum absolute atomic E-state index is 11.7.